The van der Waals surface area contributed by atoms with Gasteiger partial charge in [-0.3, -0.25) is 6.08 Å². The van der Waals surface area contributed by atoms with Crippen molar-refractivity contribution in [1.82, 2.24) is 4.98 Å². The zero-order valence-corrected chi connectivity index (χ0v) is 19.2. The zero-order chi connectivity index (χ0) is 9.64. The molecule has 0 spiro atoms. The van der Waals surface area contributed by atoms with Crippen molar-refractivity contribution in [1.29, 1.82) is 0 Å². The number of aromatic nitrogens is 1. The van der Waals surface area contributed by atoms with Crippen LogP contribution in [0.1, 0.15) is 6.42 Å². The van der Waals surface area contributed by atoms with E-state index in [0.29, 0.717) is 0 Å². The van der Waals surface area contributed by atoms with Crippen LogP contribution < -0.4 is 0 Å². The van der Waals surface area contributed by atoms with Gasteiger partial charge in [0.05, 0.1) is 0 Å². The van der Waals surface area contributed by atoms with Crippen LogP contribution in [0, 0.1) is 56.8 Å². The molecule has 1 heterocycles. The molecular formula is C19H31Cl2NZr-8. The van der Waals surface area contributed by atoms with Gasteiger partial charge in [0.2, 0.25) is 0 Å². The molecule has 0 amide bonds. The van der Waals surface area contributed by atoms with Gasteiger partial charge in [-0.2, -0.15) is 17.5 Å². The van der Waals surface area contributed by atoms with Crippen molar-refractivity contribution in [3.05, 3.63) is 105 Å². The van der Waals surface area contributed by atoms with E-state index in [9.17, 15) is 0 Å². The molecule has 23 heavy (non-hydrogen) atoms. The second kappa shape index (κ2) is 29.7. The molecule has 0 fully saturated rings. The molecule has 3 rings (SSSR count). The second-order valence-corrected chi connectivity index (χ2v) is 3.00. The minimum atomic E-state index is 0. The van der Waals surface area contributed by atoms with Crippen molar-refractivity contribution in [3.63, 3.8) is 0 Å². The van der Waals surface area contributed by atoms with Crippen molar-refractivity contribution in [3.8, 4) is 0 Å². The van der Waals surface area contributed by atoms with Crippen LogP contribution in [0.4, 0.5) is 0 Å². The van der Waals surface area contributed by atoms with Gasteiger partial charge in [0.15, 0.2) is 0 Å². The van der Waals surface area contributed by atoms with Crippen molar-refractivity contribution < 1.29 is 26.2 Å². The Morgan fingerprint density at radius 1 is 0.870 bits per heavy atom. The molecule has 0 bridgehead atoms. The quantitative estimate of drug-likeness (QED) is 0.437. The summed E-state index contributed by atoms with van der Waals surface area (Å²) in [6.45, 7) is 0. The first-order chi connectivity index (χ1) is 6.97. The van der Waals surface area contributed by atoms with Crippen LogP contribution >= 0.6 is 24.8 Å². The number of halogens is 2. The molecule has 1 nitrogen and oxygen atoms in total. The number of hydrogen-bond donors (Lipinski definition) is 1. The van der Waals surface area contributed by atoms with Crippen molar-refractivity contribution in [2.75, 3.05) is 0 Å². The van der Waals surface area contributed by atoms with E-state index < -0.39 is 0 Å². The average Bonchev–Trinajstić information content (AvgIpc) is 2.92. The SMILES string of the molecule is Cl.Cl.[C-]1=CC=CC1.[CH3-].[CH3-].[CH3-].[CH3-].[CH3-].[CH3-].[Zr].[c-]1cc2ccccc2[nH]1. The number of benzene rings is 1. The normalized spacial score (nSPS) is 7.83. The van der Waals surface area contributed by atoms with Crippen molar-refractivity contribution in [2.45, 2.75) is 6.42 Å². The van der Waals surface area contributed by atoms with Gasteiger partial charge in [0.25, 0.3) is 0 Å². The summed E-state index contributed by atoms with van der Waals surface area (Å²) in [4.78, 5) is 2.99. The Morgan fingerprint density at radius 2 is 1.43 bits per heavy atom. The van der Waals surface area contributed by atoms with E-state index in [4.69, 9.17) is 0 Å². The van der Waals surface area contributed by atoms with Crippen LogP contribution in [0.25, 0.3) is 10.9 Å². The Bertz CT molecular complexity index is 425. The molecule has 0 saturated heterocycles. The predicted octanol–water partition coefficient (Wildman–Crippen LogP) is 6.82. The molecule has 2 aromatic rings. The Hall–Kier alpha value is -0.297. The van der Waals surface area contributed by atoms with Crippen molar-refractivity contribution in [2.24, 2.45) is 0 Å². The number of fused-ring (bicyclic) bond motifs is 1. The minimum absolute atomic E-state index is 0. The molecule has 0 aliphatic heterocycles. The van der Waals surface area contributed by atoms with Crippen LogP contribution in [0.5, 0.6) is 0 Å². The first-order valence-electron chi connectivity index (χ1n) is 4.62. The van der Waals surface area contributed by atoms with Gasteiger partial charge in [-0.1, -0.05) is 12.1 Å². The number of nitrogens with one attached hydrogen (secondary N) is 1. The maximum absolute atomic E-state index is 2.99. The monoisotopic (exact) mass is 433 g/mol. The third-order valence-electron chi connectivity index (χ3n) is 1.98. The molecule has 0 atom stereocenters. The molecule has 4 heteroatoms. The summed E-state index contributed by atoms with van der Waals surface area (Å²) >= 11 is 0. The number of hydrogen-bond acceptors (Lipinski definition) is 0. The van der Waals surface area contributed by atoms with E-state index in [1.54, 1.807) is 0 Å². The number of H-pyrrole nitrogens is 1. The van der Waals surface area contributed by atoms with E-state index in [1.165, 1.54) is 5.39 Å². The van der Waals surface area contributed by atoms with Gasteiger partial charge in [0, 0.05) is 26.2 Å². The molecular weight excluding hydrogens is 404 g/mol. The molecule has 138 valence electrons. The minimum Gasteiger partial charge on any atom is -0.477 e. The zero-order valence-electron chi connectivity index (χ0n) is 15.1. The third-order valence-corrected chi connectivity index (χ3v) is 1.98. The van der Waals surface area contributed by atoms with Gasteiger partial charge in [0.1, 0.15) is 0 Å². The maximum Gasteiger partial charge on any atom is 0 e. The Labute approximate surface area is 178 Å². The van der Waals surface area contributed by atoms with Gasteiger partial charge in [-0.15, -0.1) is 55.1 Å². The summed E-state index contributed by atoms with van der Waals surface area (Å²) in [7, 11) is 0. The summed E-state index contributed by atoms with van der Waals surface area (Å²) in [6, 6.07) is 10.1. The van der Waals surface area contributed by atoms with E-state index in [-0.39, 0.29) is 95.6 Å². The van der Waals surface area contributed by atoms with Crippen molar-refractivity contribution >= 4 is 35.7 Å². The summed E-state index contributed by atoms with van der Waals surface area (Å²) in [5.41, 5.74) is 1.15. The van der Waals surface area contributed by atoms with Gasteiger partial charge < -0.3 is 49.5 Å². The fourth-order valence-corrected chi connectivity index (χ4v) is 1.27. The smallest absolute Gasteiger partial charge is 0 e. The maximum atomic E-state index is 2.99. The largest absolute Gasteiger partial charge is 0.477 e. The molecule has 0 saturated carbocycles. The summed E-state index contributed by atoms with van der Waals surface area (Å²) in [5, 5.41) is 1.22. The standard InChI is InChI=1S/C8H6N.C5H5.6CH3.2ClH.Zr/c1-2-4-8-7(3-1)5-6-9-8;1-2-4-5-3-1;;;;;;;;;/h1-5,9H;1-3H,4H2;6*1H3;2*1H;/q8*-1;;;. The summed E-state index contributed by atoms with van der Waals surface area (Å²) in [5.74, 6) is 0. The Morgan fingerprint density at radius 3 is 1.83 bits per heavy atom. The summed E-state index contributed by atoms with van der Waals surface area (Å²) < 4.78 is 0. The molecule has 1 aromatic heterocycles. The molecule has 1 aliphatic rings. The van der Waals surface area contributed by atoms with E-state index in [2.05, 4.69) is 29.4 Å². The van der Waals surface area contributed by atoms with Crippen LogP contribution in [-0.4, -0.2) is 4.98 Å². The third kappa shape index (κ3) is 17.9. The first-order valence-corrected chi connectivity index (χ1v) is 4.62. The van der Waals surface area contributed by atoms with Gasteiger partial charge in [-0.05, 0) is 0 Å². The summed E-state index contributed by atoms with van der Waals surface area (Å²) in [6.07, 6.45) is 12.9. The van der Waals surface area contributed by atoms with Crippen LogP contribution in [-0.2, 0) is 26.2 Å². The van der Waals surface area contributed by atoms with E-state index >= 15 is 0 Å². The molecule has 1 N–H and O–H groups in total. The first kappa shape index (κ1) is 49.5. The number of allylic oxidation sites excluding steroid dienone is 4. The molecule has 1 aliphatic carbocycles. The Balaban J connectivity index is -0.0000000248. The van der Waals surface area contributed by atoms with Crippen LogP contribution in [0.15, 0.2) is 48.6 Å². The second-order valence-electron chi connectivity index (χ2n) is 3.00. The van der Waals surface area contributed by atoms with E-state index in [0.717, 1.165) is 11.9 Å². The molecule has 1 aromatic carbocycles. The van der Waals surface area contributed by atoms with E-state index in [1.807, 2.05) is 36.4 Å². The number of aromatic amines is 1. The predicted molar refractivity (Wildman–Crippen MR) is 112 cm³/mol. The fraction of sp³-hybridized carbons (Fsp3) is 0.0526. The van der Waals surface area contributed by atoms with Crippen LogP contribution in [0.3, 0.4) is 0 Å². The average molecular weight is 436 g/mol. The Kier molecular flexibility index (Phi) is 63.8. The van der Waals surface area contributed by atoms with Gasteiger partial charge >= 0.3 is 0 Å². The number of rotatable bonds is 0. The van der Waals surface area contributed by atoms with Crippen LogP contribution in [0.2, 0.25) is 0 Å². The van der Waals surface area contributed by atoms with Gasteiger partial charge in [-0.25, -0.2) is 12.2 Å². The molecule has 0 unspecified atom stereocenters. The fourth-order valence-electron chi connectivity index (χ4n) is 1.27. The number of para-hydroxylation sites is 1. The topological polar surface area (TPSA) is 15.8 Å². The molecule has 0 radical (unpaired) electrons.